The van der Waals surface area contributed by atoms with Gasteiger partial charge in [-0.2, -0.15) is 0 Å². The third-order valence-electron chi connectivity index (χ3n) is 4.91. The van der Waals surface area contributed by atoms with Crippen LogP contribution in [0.4, 0.5) is 10.1 Å². The Labute approximate surface area is 194 Å². The summed E-state index contributed by atoms with van der Waals surface area (Å²) in [6.07, 6.45) is 0.898. The maximum atomic E-state index is 14.4. The van der Waals surface area contributed by atoms with Gasteiger partial charge >= 0.3 is 0 Å². The Hall–Kier alpha value is -3.14. The van der Waals surface area contributed by atoms with E-state index in [1.165, 1.54) is 30.2 Å². The number of carbonyl (C=O) groups is 2. The molecule has 2 aromatic carbocycles. The molecule has 2 rings (SSSR count). The molecule has 0 aromatic heterocycles. The van der Waals surface area contributed by atoms with E-state index in [1.807, 2.05) is 0 Å². The summed E-state index contributed by atoms with van der Waals surface area (Å²) in [6, 6.07) is 11.2. The fraction of sp³-hybridized carbons (Fsp3) is 0.391. The van der Waals surface area contributed by atoms with Crippen molar-refractivity contribution in [1.82, 2.24) is 10.2 Å². The van der Waals surface area contributed by atoms with Crippen LogP contribution in [-0.4, -0.2) is 57.1 Å². The zero-order chi connectivity index (χ0) is 24.8. The van der Waals surface area contributed by atoms with Crippen LogP contribution < -0.4 is 14.4 Å². The lowest BCUT2D eigenvalue weighted by molar-refractivity contribution is -0.139. The van der Waals surface area contributed by atoms with Crippen LogP contribution in [0.1, 0.15) is 26.3 Å². The third kappa shape index (κ3) is 7.18. The molecule has 2 amide bonds. The molecule has 0 bridgehead atoms. The minimum absolute atomic E-state index is 0.0460. The standard InChI is InChI=1S/C23H30FN3O5S/c1-16(2)25-23(29)17(3)26(14-18-10-12-19(32-4)13-11-18)22(28)15-27(33(5,30)31)21-9-7-6-8-20(21)24/h6-13,16-17H,14-15H2,1-5H3,(H,25,29)/t17-/m0/s1. The quantitative estimate of drug-likeness (QED) is 0.565. The summed E-state index contributed by atoms with van der Waals surface area (Å²) in [7, 11) is -2.45. The normalized spacial score (nSPS) is 12.2. The summed E-state index contributed by atoms with van der Waals surface area (Å²) in [6.45, 7) is 4.54. The first-order valence-corrected chi connectivity index (χ1v) is 12.2. The predicted octanol–water partition coefficient (Wildman–Crippen LogP) is 2.54. The molecule has 1 N–H and O–H groups in total. The smallest absolute Gasteiger partial charge is 0.244 e. The highest BCUT2D eigenvalue weighted by Crippen LogP contribution is 2.22. The summed E-state index contributed by atoms with van der Waals surface area (Å²) < 4.78 is 45.0. The molecule has 33 heavy (non-hydrogen) atoms. The maximum Gasteiger partial charge on any atom is 0.244 e. The number of anilines is 1. The van der Waals surface area contributed by atoms with Gasteiger partial charge in [0.15, 0.2) is 0 Å². The largest absolute Gasteiger partial charge is 0.497 e. The predicted molar refractivity (Wildman–Crippen MR) is 125 cm³/mol. The van der Waals surface area contributed by atoms with Gasteiger partial charge in [-0.15, -0.1) is 0 Å². The van der Waals surface area contributed by atoms with Gasteiger partial charge in [0.05, 0.1) is 19.1 Å². The van der Waals surface area contributed by atoms with Crippen molar-refractivity contribution in [3.63, 3.8) is 0 Å². The molecule has 0 aliphatic heterocycles. The molecule has 8 nitrogen and oxygen atoms in total. The van der Waals surface area contributed by atoms with Crippen LogP contribution in [0, 0.1) is 5.82 Å². The first kappa shape index (κ1) is 26.1. The number of benzene rings is 2. The maximum absolute atomic E-state index is 14.4. The zero-order valence-electron chi connectivity index (χ0n) is 19.4. The fourth-order valence-corrected chi connectivity index (χ4v) is 4.01. The van der Waals surface area contributed by atoms with E-state index in [1.54, 1.807) is 45.0 Å². The van der Waals surface area contributed by atoms with E-state index < -0.39 is 34.3 Å². The Morgan fingerprint density at radius 3 is 2.18 bits per heavy atom. The molecule has 180 valence electrons. The highest BCUT2D eigenvalue weighted by atomic mass is 32.2. The summed E-state index contributed by atoms with van der Waals surface area (Å²) >= 11 is 0. The summed E-state index contributed by atoms with van der Waals surface area (Å²) in [5.41, 5.74) is 0.474. The number of amides is 2. The van der Waals surface area contributed by atoms with Gasteiger partial charge in [-0.1, -0.05) is 24.3 Å². The number of hydrogen-bond acceptors (Lipinski definition) is 5. The number of nitrogens with zero attached hydrogens (tertiary/aromatic N) is 2. The van der Waals surface area contributed by atoms with Gasteiger partial charge in [0.2, 0.25) is 21.8 Å². The molecular weight excluding hydrogens is 449 g/mol. The highest BCUT2D eigenvalue weighted by Gasteiger charge is 2.31. The van der Waals surface area contributed by atoms with Crippen LogP contribution in [-0.2, 0) is 26.2 Å². The van der Waals surface area contributed by atoms with Crippen LogP contribution in [0.2, 0.25) is 0 Å². The average Bonchev–Trinajstić information content (AvgIpc) is 2.75. The van der Waals surface area contributed by atoms with Gasteiger partial charge in [-0.25, -0.2) is 12.8 Å². The first-order chi connectivity index (χ1) is 15.4. The molecule has 0 heterocycles. The minimum atomic E-state index is -3.99. The van der Waals surface area contributed by atoms with Gasteiger partial charge in [-0.05, 0) is 50.6 Å². The Morgan fingerprint density at radius 2 is 1.67 bits per heavy atom. The summed E-state index contributed by atoms with van der Waals surface area (Å²) in [4.78, 5) is 27.3. The van der Waals surface area contributed by atoms with Crippen molar-refractivity contribution in [2.75, 3.05) is 24.2 Å². The van der Waals surface area contributed by atoms with E-state index in [9.17, 15) is 22.4 Å². The number of methoxy groups -OCH3 is 1. The number of carbonyl (C=O) groups excluding carboxylic acids is 2. The topological polar surface area (TPSA) is 96.0 Å². The van der Waals surface area contributed by atoms with Crippen molar-refractivity contribution in [2.45, 2.75) is 39.4 Å². The van der Waals surface area contributed by atoms with Gasteiger partial charge in [-0.3, -0.25) is 13.9 Å². The van der Waals surface area contributed by atoms with Gasteiger partial charge < -0.3 is 15.0 Å². The van der Waals surface area contributed by atoms with Crippen LogP contribution in [0.25, 0.3) is 0 Å². The molecule has 0 fully saturated rings. The van der Waals surface area contributed by atoms with Gasteiger partial charge in [0.1, 0.15) is 24.2 Å². The second-order valence-electron chi connectivity index (χ2n) is 7.93. The van der Waals surface area contributed by atoms with E-state index >= 15 is 0 Å². The number of halogens is 1. The lowest BCUT2D eigenvalue weighted by Gasteiger charge is -2.32. The Balaban J connectivity index is 2.39. The van der Waals surface area contributed by atoms with Crippen LogP contribution in [0.15, 0.2) is 48.5 Å². The molecule has 0 saturated carbocycles. The second-order valence-corrected chi connectivity index (χ2v) is 9.84. The lowest BCUT2D eigenvalue weighted by Crippen LogP contribution is -2.52. The van der Waals surface area contributed by atoms with E-state index in [2.05, 4.69) is 5.32 Å². The van der Waals surface area contributed by atoms with Gasteiger partial charge in [0.25, 0.3) is 0 Å². The number of nitrogens with one attached hydrogen (secondary N) is 1. The van der Waals surface area contributed by atoms with Crippen molar-refractivity contribution in [3.8, 4) is 5.75 Å². The second kappa shape index (κ2) is 11.1. The molecule has 0 spiro atoms. The number of para-hydroxylation sites is 1. The molecule has 0 unspecified atom stereocenters. The van der Waals surface area contributed by atoms with Crippen molar-refractivity contribution >= 4 is 27.5 Å². The monoisotopic (exact) mass is 479 g/mol. The number of sulfonamides is 1. The van der Waals surface area contributed by atoms with E-state index in [0.717, 1.165) is 12.3 Å². The van der Waals surface area contributed by atoms with Gasteiger partial charge in [0, 0.05) is 12.6 Å². The molecular formula is C23H30FN3O5S. The Bertz CT molecular complexity index is 1070. The number of ether oxygens (including phenoxy) is 1. The van der Waals surface area contributed by atoms with Crippen molar-refractivity contribution in [3.05, 3.63) is 59.9 Å². The van der Waals surface area contributed by atoms with E-state index in [0.29, 0.717) is 15.6 Å². The van der Waals surface area contributed by atoms with Crippen molar-refractivity contribution < 1.29 is 27.1 Å². The number of rotatable bonds is 10. The first-order valence-electron chi connectivity index (χ1n) is 10.4. The fourth-order valence-electron chi connectivity index (χ4n) is 3.16. The summed E-state index contributed by atoms with van der Waals surface area (Å²) in [5.74, 6) is -1.18. The molecule has 0 aliphatic carbocycles. The molecule has 10 heteroatoms. The molecule has 1 atom stereocenters. The molecule has 0 saturated heterocycles. The number of hydrogen-bond donors (Lipinski definition) is 1. The van der Waals surface area contributed by atoms with Crippen molar-refractivity contribution in [1.29, 1.82) is 0 Å². The minimum Gasteiger partial charge on any atom is -0.497 e. The SMILES string of the molecule is COc1ccc(CN(C(=O)CN(c2ccccc2F)S(C)(=O)=O)[C@@H](C)C(=O)NC(C)C)cc1. The third-order valence-corrected chi connectivity index (χ3v) is 6.04. The Kier molecular flexibility index (Phi) is 8.81. The average molecular weight is 480 g/mol. The van der Waals surface area contributed by atoms with Crippen LogP contribution in [0.5, 0.6) is 5.75 Å². The lowest BCUT2D eigenvalue weighted by atomic mass is 10.1. The molecule has 2 aromatic rings. The van der Waals surface area contributed by atoms with Crippen LogP contribution >= 0.6 is 0 Å². The molecule has 0 radical (unpaired) electrons. The summed E-state index contributed by atoms with van der Waals surface area (Å²) in [5, 5.41) is 2.76. The zero-order valence-corrected chi connectivity index (χ0v) is 20.2. The van der Waals surface area contributed by atoms with Crippen molar-refractivity contribution in [2.24, 2.45) is 0 Å². The Morgan fingerprint density at radius 1 is 1.06 bits per heavy atom. The molecule has 0 aliphatic rings. The highest BCUT2D eigenvalue weighted by molar-refractivity contribution is 7.92. The van der Waals surface area contributed by atoms with E-state index in [-0.39, 0.29) is 24.2 Å². The van der Waals surface area contributed by atoms with E-state index in [4.69, 9.17) is 4.74 Å². The van der Waals surface area contributed by atoms with Crippen LogP contribution in [0.3, 0.4) is 0 Å².